The van der Waals surface area contributed by atoms with Crippen LogP contribution in [-0.4, -0.2) is 28.1 Å². The highest BCUT2D eigenvalue weighted by Crippen LogP contribution is 2.25. The predicted octanol–water partition coefficient (Wildman–Crippen LogP) is 4.23. The maximum absolute atomic E-state index is 12.4. The third kappa shape index (κ3) is 3.25. The second kappa shape index (κ2) is 6.13. The number of thiophene rings is 2. The average molecular weight is 382 g/mol. The molecule has 3 aromatic rings. The van der Waals surface area contributed by atoms with Crippen LogP contribution in [-0.2, 0) is 6.54 Å². The van der Waals surface area contributed by atoms with Crippen LogP contribution < -0.4 is 0 Å². The number of carbonyl (C=O) groups is 1. The van der Waals surface area contributed by atoms with E-state index in [0.717, 1.165) is 19.2 Å². The molecule has 1 amide bonds. The van der Waals surface area contributed by atoms with Crippen LogP contribution in [0.15, 0.2) is 39.5 Å². The highest BCUT2D eigenvalue weighted by atomic mass is 79.9. The normalized spacial score (nSPS) is 10.8. The van der Waals surface area contributed by atoms with Gasteiger partial charge in [0.25, 0.3) is 5.91 Å². The van der Waals surface area contributed by atoms with Gasteiger partial charge in [0.05, 0.1) is 20.9 Å². The van der Waals surface area contributed by atoms with Gasteiger partial charge in [-0.3, -0.25) is 9.89 Å². The van der Waals surface area contributed by atoms with Crippen LogP contribution in [0.5, 0.6) is 0 Å². The van der Waals surface area contributed by atoms with Gasteiger partial charge in [0.2, 0.25) is 0 Å². The Morgan fingerprint density at radius 3 is 2.95 bits per heavy atom. The van der Waals surface area contributed by atoms with Crippen LogP contribution in [0.2, 0.25) is 0 Å². The Labute approximate surface area is 138 Å². The van der Waals surface area contributed by atoms with Crippen molar-refractivity contribution in [2.75, 3.05) is 7.05 Å². The van der Waals surface area contributed by atoms with Crippen molar-refractivity contribution in [3.63, 3.8) is 0 Å². The summed E-state index contributed by atoms with van der Waals surface area (Å²) in [4.78, 5) is 16.3. The zero-order valence-corrected chi connectivity index (χ0v) is 14.4. The van der Waals surface area contributed by atoms with Crippen molar-refractivity contribution < 1.29 is 4.79 Å². The number of amides is 1. The molecular formula is C14H12BrN3OS2. The van der Waals surface area contributed by atoms with Gasteiger partial charge in [-0.1, -0.05) is 6.07 Å². The Kier molecular flexibility index (Phi) is 4.23. The van der Waals surface area contributed by atoms with Crippen molar-refractivity contribution in [3.05, 3.63) is 50.1 Å². The van der Waals surface area contributed by atoms with E-state index in [9.17, 15) is 4.79 Å². The van der Waals surface area contributed by atoms with E-state index in [-0.39, 0.29) is 5.91 Å². The topological polar surface area (TPSA) is 49.0 Å². The molecule has 0 saturated heterocycles. The van der Waals surface area contributed by atoms with Crippen LogP contribution in [0.1, 0.15) is 15.4 Å². The van der Waals surface area contributed by atoms with E-state index in [1.165, 1.54) is 0 Å². The van der Waals surface area contributed by atoms with Crippen LogP contribution in [0.3, 0.4) is 0 Å². The van der Waals surface area contributed by atoms with Gasteiger partial charge in [-0.15, -0.1) is 22.7 Å². The first-order valence-electron chi connectivity index (χ1n) is 6.22. The van der Waals surface area contributed by atoms with E-state index in [1.54, 1.807) is 40.7 Å². The molecule has 0 aliphatic rings. The zero-order valence-electron chi connectivity index (χ0n) is 11.2. The van der Waals surface area contributed by atoms with Gasteiger partial charge >= 0.3 is 0 Å². The lowest BCUT2D eigenvalue weighted by molar-refractivity contribution is 0.0780. The first-order chi connectivity index (χ1) is 10.1. The van der Waals surface area contributed by atoms with Crippen molar-refractivity contribution in [3.8, 4) is 10.6 Å². The van der Waals surface area contributed by atoms with Gasteiger partial charge in [0.1, 0.15) is 0 Å². The molecule has 0 bridgehead atoms. The lowest BCUT2D eigenvalue weighted by Crippen LogP contribution is -2.26. The van der Waals surface area contributed by atoms with Crippen LogP contribution in [0.4, 0.5) is 0 Å². The van der Waals surface area contributed by atoms with Gasteiger partial charge in [0, 0.05) is 11.9 Å². The number of hydrogen-bond donors (Lipinski definition) is 1. The molecule has 1 N–H and O–H groups in total. The maximum Gasteiger partial charge on any atom is 0.274 e. The number of aromatic nitrogens is 2. The van der Waals surface area contributed by atoms with Crippen LogP contribution >= 0.6 is 38.6 Å². The number of rotatable bonds is 4. The second-order valence-corrected chi connectivity index (χ2v) is 8.01. The quantitative estimate of drug-likeness (QED) is 0.734. The van der Waals surface area contributed by atoms with Crippen molar-refractivity contribution >= 4 is 44.5 Å². The summed E-state index contributed by atoms with van der Waals surface area (Å²) in [5.74, 6) is -0.0846. The summed E-state index contributed by atoms with van der Waals surface area (Å²) in [6.07, 6.45) is 0. The molecule has 0 atom stereocenters. The Morgan fingerprint density at radius 2 is 2.29 bits per heavy atom. The van der Waals surface area contributed by atoms with Crippen molar-refractivity contribution in [1.82, 2.24) is 15.1 Å². The summed E-state index contributed by atoms with van der Waals surface area (Å²) in [6, 6.07) is 9.78. The first-order valence-corrected chi connectivity index (χ1v) is 8.71. The molecule has 0 aromatic carbocycles. The molecule has 0 spiro atoms. The van der Waals surface area contributed by atoms with Gasteiger partial charge in [0.15, 0.2) is 5.69 Å². The SMILES string of the molecule is CN(Cc1ccc(Br)s1)C(=O)c1cc(-c2cccs2)[nH]n1. The fourth-order valence-electron chi connectivity index (χ4n) is 1.93. The summed E-state index contributed by atoms with van der Waals surface area (Å²) in [5.41, 5.74) is 1.32. The molecule has 0 fully saturated rings. The Morgan fingerprint density at radius 1 is 1.43 bits per heavy atom. The minimum absolute atomic E-state index is 0.0846. The van der Waals surface area contributed by atoms with Gasteiger partial charge in [-0.05, 0) is 45.6 Å². The zero-order chi connectivity index (χ0) is 14.8. The standard InChI is InChI=1S/C14H12BrN3OS2/c1-18(8-9-4-5-13(15)21-9)14(19)11-7-10(16-17-11)12-3-2-6-20-12/h2-7H,8H2,1H3,(H,16,17). The third-order valence-electron chi connectivity index (χ3n) is 2.95. The smallest absolute Gasteiger partial charge is 0.274 e. The number of hydrogen-bond acceptors (Lipinski definition) is 4. The molecule has 3 aromatic heterocycles. The van der Waals surface area contributed by atoms with Crippen LogP contribution in [0.25, 0.3) is 10.6 Å². The molecule has 108 valence electrons. The van der Waals surface area contributed by atoms with E-state index >= 15 is 0 Å². The van der Waals surface area contributed by atoms with E-state index in [1.807, 2.05) is 29.6 Å². The molecule has 0 radical (unpaired) electrons. The minimum atomic E-state index is -0.0846. The summed E-state index contributed by atoms with van der Waals surface area (Å²) in [6.45, 7) is 0.580. The Bertz CT molecular complexity index is 748. The highest BCUT2D eigenvalue weighted by molar-refractivity contribution is 9.11. The molecule has 0 unspecified atom stereocenters. The molecule has 0 saturated carbocycles. The highest BCUT2D eigenvalue weighted by Gasteiger charge is 2.17. The molecule has 21 heavy (non-hydrogen) atoms. The van der Waals surface area contributed by atoms with Crippen molar-refractivity contribution in [2.45, 2.75) is 6.54 Å². The molecule has 3 heterocycles. The summed E-state index contributed by atoms with van der Waals surface area (Å²) < 4.78 is 1.07. The second-order valence-electron chi connectivity index (χ2n) is 4.51. The number of nitrogens with one attached hydrogen (secondary N) is 1. The Balaban J connectivity index is 1.72. The summed E-state index contributed by atoms with van der Waals surface area (Å²) >= 11 is 6.67. The lowest BCUT2D eigenvalue weighted by Gasteiger charge is -2.14. The number of carbonyl (C=O) groups excluding carboxylic acids is 1. The van der Waals surface area contributed by atoms with E-state index in [4.69, 9.17) is 0 Å². The van der Waals surface area contributed by atoms with E-state index in [2.05, 4.69) is 26.1 Å². The van der Waals surface area contributed by atoms with Gasteiger partial charge in [-0.2, -0.15) is 5.10 Å². The third-order valence-corrected chi connectivity index (χ3v) is 5.46. The van der Waals surface area contributed by atoms with Gasteiger partial charge < -0.3 is 4.90 Å². The molecular weight excluding hydrogens is 370 g/mol. The molecule has 4 nitrogen and oxygen atoms in total. The number of halogens is 1. The monoisotopic (exact) mass is 381 g/mol. The number of aromatic amines is 1. The van der Waals surface area contributed by atoms with Crippen molar-refractivity contribution in [2.24, 2.45) is 0 Å². The average Bonchev–Trinajstić information content (AvgIpc) is 3.18. The fourth-order valence-corrected chi connectivity index (χ4v) is 4.16. The Hall–Kier alpha value is -1.44. The van der Waals surface area contributed by atoms with Crippen LogP contribution in [0, 0.1) is 0 Å². The van der Waals surface area contributed by atoms with Gasteiger partial charge in [-0.25, -0.2) is 0 Å². The fraction of sp³-hybridized carbons (Fsp3) is 0.143. The first kappa shape index (κ1) is 14.5. The molecule has 7 heteroatoms. The van der Waals surface area contributed by atoms with Crippen molar-refractivity contribution in [1.29, 1.82) is 0 Å². The molecule has 0 aliphatic carbocycles. The minimum Gasteiger partial charge on any atom is -0.335 e. The molecule has 0 aliphatic heterocycles. The number of H-pyrrole nitrogens is 1. The van der Waals surface area contributed by atoms with E-state index < -0.39 is 0 Å². The number of nitrogens with zero attached hydrogens (tertiary/aromatic N) is 2. The lowest BCUT2D eigenvalue weighted by atomic mass is 10.3. The summed E-state index contributed by atoms with van der Waals surface area (Å²) in [7, 11) is 1.79. The summed E-state index contributed by atoms with van der Waals surface area (Å²) in [5, 5.41) is 9.04. The maximum atomic E-state index is 12.4. The largest absolute Gasteiger partial charge is 0.335 e. The molecule has 3 rings (SSSR count). The van der Waals surface area contributed by atoms with E-state index in [0.29, 0.717) is 12.2 Å². The predicted molar refractivity (Wildman–Crippen MR) is 89.7 cm³/mol.